The summed E-state index contributed by atoms with van der Waals surface area (Å²) in [5.74, 6) is -1.07. The van der Waals surface area contributed by atoms with Crippen LogP contribution in [0.25, 0.3) is 0 Å². The number of hydrogen-bond acceptors (Lipinski definition) is 4. The van der Waals surface area contributed by atoms with Crippen LogP contribution in [0.3, 0.4) is 0 Å². The third kappa shape index (κ3) is 3.13. The second kappa shape index (κ2) is 5.56. The molecule has 0 aliphatic heterocycles. The zero-order chi connectivity index (χ0) is 12.0. The molecule has 0 saturated carbocycles. The summed E-state index contributed by atoms with van der Waals surface area (Å²) < 4.78 is 5.06. The number of nitriles is 1. The molecule has 0 spiro atoms. The van der Waals surface area contributed by atoms with Gasteiger partial charge in [0.1, 0.15) is 12.3 Å². The predicted octanol–water partition coefficient (Wildman–Crippen LogP) is 0.0966. The molecule has 1 rings (SSSR count). The molecule has 6 heteroatoms. The lowest BCUT2D eigenvalue weighted by Crippen LogP contribution is -2.40. The Balaban J connectivity index is 2.46. The van der Waals surface area contributed by atoms with Crippen LogP contribution < -0.4 is 10.6 Å². The van der Waals surface area contributed by atoms with E-state index in [2.05, 4.69) is 10.6 Å². The van der Waals surface area contributed by atoms with Crippen LogP contribution in [0, 0.1) is 11.3 Å². The van der Waals surface area contributed by atoms with Gasteiger partial charge in [0.15, 0.2) is 0 Å². The molecule has 6 nitrogen and oxygen atoms in total. The maximum absolute atomic E-state index is 11.3. The van der Waals surface area contributed by atoms with Crippen LogP contribution in [-0.4, -0.2) is 18.4 Å². The molecule has 1 heterocycles. The fourth-order valence-electron chi connectivity index (χ4n) is 1.07. The van der Waals surface area contributed by atoms with Crippen LogP contribution in [0.1, 0.15) is 18.7 Å². The lowest BCUT2D eigenvalue weighted by molar-refractivity contribution is -0.139. The first-order chi connectivity index (χ1) is 7.65. The standard InChI is InChI=1S/C10H11N3O3/c1-7(8-3-2-6-16-8)13-10(15)9(14)12-5-4-11/h2-3,6-7H,5H2,1H3,(H,12,14)(H,13,15). The molecule has 84 valence electrons. The molecule has 0 fully saturated rings. The number of carbonyl (C=O) groups excluding carboxylic acids is 2. The number of furan rings is 1. The van der Waals surface area contributed by atoms with Gasteiger partial charge in [-0.1, -0.05) is 0 Å². The molecule has 2 amide bonds. The maximum atomic E-state index is 11.3. The Hall–Kier alpha value is -2.29. The third-order valence-corrected chi connectivity index (χ3v) is 1.85. The van der Waals surface area contributed by atoms with Gasteiger partial charge in [0.05, 0.1) is 18.4 Å². The Morgan fingerprint density at radius 3 is 2.88 bits per heavy atom. The number of rotatable bonds is 3. The number of carbonyl (C=O) groups is 2. The van der Waals surface area contributed by atoms with Crippen molar-refractivity contribution in [2.45, 2.75) is 13.0 Å². The minimum Gasteiger partial charge on any atom is -0.467 e. The van der Waals surface area contributed by atoms with E-state index in [-0.39, 0.29) is 6.54 Å². The molecule has 16 heavy (non-hydrogen) atoms. The number of nitrogens with one attached hydrogen (secondary N) is 2. The fraction of sp³-hybridized carbons (Fsp3) is 0.300. The van der Waals surface area contributed by atoms with Crippen LogP contribution in [0.15, 0.2) is 22.8 Å². The molecule has 1 atom stereocenters. The van der Waals surface area contributed by atoms with Gasteiger partial charge in [0, 0.05) is 0 Å². The molecule has 0 saturated heterocycles. The summed E-state index contributed by atoms with van der Waals surface area (Å²) in [6.45, 7) is 1.50. The van der Waals surface area contributed by atoms with Crippen LogP contribution in [0.4, 0.5) is 0 Å². The van der Waals surface area contributed by atoms with Gasteiger partial charge in [0.25, 0.3) is 0 Å². The minimum absolute atomic E-state index is 0.193. The Morgan fingerprint density at radius 1 is 1.56 bits per heavy atom. The van der Waals surface area contributed by atoms with E-state index in [4.69, 9.17) is 9.68 Å². The van der Waals surface area contributed by atoms with Gasteiger partial charge in [-0.2, -0.15) is 5.26 Å². The van der Waals surface area contributed by atoms with E-state index in [0.717, 1.165) is 0 Å². The van der Waals surface area contributed by atoms with Gasteiger partial charge < -0.3 is 15.1 Å². The van der Waals surface area contributed by atoms with Crippen molar-refractivity contribution in [3.63, 3.8) is 0 Å². The van der Waals surface area contributed by atoms with Gasteiger partial charge in [-0.25, -0.2) is 0 Å². The number of hydrogen-bond donors (Lipinski definition) is 2. The van der Waals surface area contributed by atoms with Crippen molar-refractivity contribution >= 4 is 11.8 Å². The average Bonchev–Trinajstić information content (AvgIpc) is 2.79. The Labute approximate surface area is 92.2 Å². The zero-order valence-electron chi connectivity index (χ0n) is 8.69. The monoisotopic (exact) mass is 221 g/mol. The van der Waals surface area contributed by atoms with Crippen molar-refractivity contribution in [2.75, 3.05) is 6.54 Å². The van der Waals surface area contributed by atoms with E-state index >= 15 is 0 Å². The fourth-order valence-corrected chi connectivity index (χ4v) is 1.07. The predicted molar refractivity (Wildman–Crippen MR) is 53.9 cm³/mol. The first-order valence-corrected chi connectivity index (χ1v) is 4.64. The maximum Gasteiger partial charge on any atom is 0.310 e. The second-order valence-corrected chi connectivity index (χ2v) is 3.05. The van der Waals surface area contributed by atoms with Crippen LogP contribution in [-0.2, 0) is 9.59 Å². The summed E-state index contributed by atoms with van der Waals surface area (Å²) >= 11 is 0. The van der Waals surface area contributed by atoms with Gasteiger partial charge in [-0.3, -0.25) is 9.59 Å². The largest absolute Gasteiger partial charge is 0.467 e. The number of nitrogens with zero attached hydrogens (tertiary/aromatic N) is 1. The summed E-state index contributed by atoms with van der Waals surface area (Å²) in [5, 5.41) is 12.8. The van der Waals surface area contributed by atoms with E-state index in [1.54, 1.807) is 25.1 Å². The SMILES string of the molecule is CC(NC(=O)C(=O)NCC#N)c1ccco1. The summed E-state index contributed by atoms with van der Waals surface area (Å²) in [6.07, 6.45) is 1.48. The van der Waals surface area contributed by atoms with Gasteiger partial charge in [-0.05, 0) is 19.1 Å². The quantitative estimate of drug-likeness (QED) is 0.558. The Kier molecular flexibility index (Phi) is 4.09. The molecule has 0 aromatic carbocycles. The van der Waals surface area contributed by atoms with E-state index in [9.17, 15) is 9.59 Å². The minimum atomic E-state index is -0.833. The summed E-state index contributed by atoms with van der Waals surface area (Å²) in [7, 11) is 0. The van der Waals surface area contributed by atoms with Gasteiger partial charge >= 0.3 is 11.8 Å². The van der Waals surface area contributed by atoms with Crippen molar-refractivity contribution < 1.29 is 14.0 Å². The highest BCUT2D eigenvalue weighted by Crippen LogP contribution is 2.11. The topological polar surface area (TPSA) is 95.1 Å². The van der Waals surface area contributed by atoms with Crippen LogP contribution >= 0.6 is 0 Å². The normalized spacial score (nSPS) is 11.2. The zero-order valence-corrected chi connectivity index (χ0v) is 8.69. The summed E-state index contributed by atoms with van der Waals surface area (Å²) in [4.78, 5) is 22.4. The van der Waals surface area contributed by atoms with Gasteiger partial charge in [0.2, 0.25) is 0 Å². The van der Waals surface area contributed by atoms with Crippen molar-refractivity contribution in [1.29, 1.82) is 5.26 Å². The molecular weight excluding hydrogens is 210 g/mol. The van der Waals surface area contributed by atoms with E-state index in [0.29, 0.717) is 5.76 Å². The van der Waals surface area contributed by atoms with E-state index < -0.39 is 17.9 Å². The molecule has 0 bridgehead atoms. The molecule has 0 radical (unpaired) electrons. The molecular formula is C10H11N3O3. The lowest BCUT2D eigenvalue weighted by Gasteiger charge is -2.10. The average molecular weight is 221 g/mol. The summed E-state index contributed by atoms with van der Waals surface area (Å²) in [5.41, 5.74) is 0. The van der Waals surface area contributed by atoms with Crippen LogP contribution in [0.2, 0.25) is 0 Å². The first kappa shape index (κ1) is 11.8. The summed E-state index contributed by atoms with van der Waals surface area (Å²) in [6, 6.07) is 4.69. The van der Waals surface area contributed by atoms with E-state index in [1.165, 1.54) is 6.26 Å². The van der Waals surface area contributed by atoms with Crippen molar-refractivity contribution in [1.82, 2.24) is 10.6 Å². The highest BCUT2D eigenvalue weighted by molar-refractivity contribution is 6.35. The molecule has 0 aliphatic rings. The van der Waals surface area contributed by atoms with Crippen molar-refractivity contribution in [2.24, 2.45) is 0 Å². The molecule has 1 unspecified atom stereocenters. The van der Waals surface area contributed by atoms with Crippen molar-refractivity contribution in [3.8, 4) is 6.07 Å². The van der Waals surface area contributed by atoms with E-state index in [1.807, 2.05) is 0 Å². The highest BCUT2D eigenvalue weighted by atomic mass is 16.3. The Morgan fingerprint density at radius 2 is 2.31 bits per heavy atom. The van der Waals surface area contributed by atoms with Crippen LogP contribution in [0.5, 0.6) is 0 Å². The lowest BCUT2D eigenvalue weighted by atomic mass is 10.2. The molecule has 1 aromatic heterocycles. The first-order valence-electron chi connectivity index (χ1n) is 4.64. The second-order valence-electron chi connectivity index (χ2n) is 3.05. The van der Waals surface area contributed by atoms with Gasteiger partial charge in [-0.15, -0.1) is 0 Å². The third-order valence-electron chi connectivity index (χ3n) is 1.85. The molecule has 2 N–H and O–H groups in total. The highest BCUT2D eigenvalue weighted by Gasteiger charge is 2.17. The molecule has 1 aromatic rings. The Bertz CT molecular complexity index is 405. The van der Waals surface area contributed by atoms with Crippen molar-refractivity contribution in [3.05, 3.63) is 24.2 Å². The number of amides is 2. The molecule has 0 aliphatic carbocycles. The smallest absolute Gasteiger partial charge is 0.310 e.